The molecule has 0 fully saturated rings. The summed E-state index contributed by atoms with van der Waals surface area (Å²) in [4.78, 5) is 26.6. The third-order valence-corrected chi connectivity index (χ3v) is 3.14. The van der Waals surface area contributed by atoms with Gasteiger partial charge in [-0.3, -0.25) is 14.6 Å². The van der Waals surface area contributed by atoms with Crippen molar-refractivity contribution in [3.05, 3.63) is 63.0 Å². The first kappa shape index (κ1) is 12.9. The number of anilines is 3. The zero-order chi connectivity index (χ0) is 15.0. The fourth-order valence-electron chi connectivity index (χ4n) is 2.04. The van der Waals surface area contributed by atoms with Gasteiger partial charge >= 0.3 is 0 Å². The fraction of sp³-hybridized carbons (Fsp3) is 0. The molecule has 6 nitrogen and oxygen atoms in total. The Morgan fingerprint density at radius 2 is 1.90 bits per heavy atom. The second kappa shape index (κ2) is 4.75. The van der Waals surface area contributed by atoms with Crippen LogP contribution >= 0.6 is 0 Å². The number of benzene rings is 1. The number of rotatable bonds is 3. The van der Waals surface area contributed by atoms with E-state index in [0.29, 0.717) is 16.9 Å². The van der Waals surface area contributed by atoms with Gasteiger partial charge in [-0.05, 0) is 24.3 Å². The number of nitrogen functional groups attached to an aromatic ring is 1. The Morgan fingerprint density at radius 3 is 2.62 bits per heavy atom. The Hall–Kier alpha value is -3.15. The molecule has 3 rings (SSSR count). The minimum atomic E-state index is -0.670. The number of hydrogen-bond donors (Lipinski definition) is 3. The van der Waals surface area contributed by atoms with Gasteiger partial charge in [0.15, 0.2) is 0 Å². The van der Waals surface area contributed by atoms with Crippen molar-refractivity contribution in [1.29, 1.82) is 0 Å². The molecule has 1 heterocycles. The van der Waals surface area contributed by atoms with Gasteiger partial charge in [0.2, 0.25) is 0 Å². The van der Waals surface area contributed by atoms with Crippen LogP contribution in [0.25, 0.3) is 11.3 Å². The minimum absolute atomic E-state index is 0.0586. The molecule has 4 N–H and O–H groups in total. The van der Waals surface area contributed by atoms with Crippen molar-refractivity contribution in [2.75, 3.05) is 11.1 Å². The lowest BCUT2D eigenvalue weighted by atomic mass is 10.1. The first-order chi connectivity index (χ1) is 10.1. The molecule has 6 heteroatoms. The summed E-state index contributed by atoms with van der Waals surface area (Å²) in [6, 6.07) is 10.1. The van der Waals surface area contributed by atoms with Crippen LogP contribution in [-0.4, -0.2) is 10.1 Å². The van der Waals surface area contributed by atoms with Gasteiger partial charge in [-0.25, -0.2) is 0 Å². The lowest BCUT2D eigenvalue weighted by Crippen LogP contribution is -2.36. The molecule has 0 amide bonds. The zero-order valence-corrected chi connectivity index (χ0v) is 10.8. The average Bonchev–Trinajstić information content (AvgIpc) is 2.52. The molecular weight excluding hydrogens is 270 g/mol. The maximum Gasteiger partial charge on any atom is 0.253 e. The second-order valence-electron chi connectivity index (χ2n) is 4.52. The van der Waals surface area contributed by atoms with Crippen molar-refractivity contribution in [1.82, 2.24) is 4.98 Å². The molecule has 1 aromatic heterocycles. The van der Waals surface area contributed by atoms with Crippen LogP contribution in [0, 0.1) is 0 Å². The van der Waals surface area contributed by atoms with Crippen LogP contribution in [-0.2, 0) is 0 Å². The van der Waals surface area contributed by atoms with Crippen LogP contribution in [0.5, 0.6) is 5.75 Å². The Kier molecular flexibility index (Phi) is 2.91. The van der Waals surface area contributed by atoms with Gasteiger partial charge in [0, 0.05) is 17.4 Å². The molecule has 0 saturated carbocycles. The number of aromatic hydroxyl groups is 1. The highest BCUT2D eigenvalue weighted by atomic mass is 16.3. The number of nitrogens with one attached hydrogen (secondary N) is 1. The number of nitrogens with two attached hydrogens (primary N) is 1. The third-order valence-electron chi connectivity index (χ3n) is 3.14. The van der Waals surface area contributed by atoms with Crippen molar-refractivity contribution in [2.24, 2.45) is 0 Å². The van der Waals surface area contributed by atoms with Crippen LogP contribution in [0.2, 0.25) is 0 Å². The van der Waals surface area contributed by atoms with Gasteiger partial charge in [0.1, 0.15) is 22.8 Å². The molecular formula is C15H11N3O3. The molecule has 21 heavy (non-hydrogen) atoms. The number of nitrogens with zero attached hydrogens (tertiary/aromatic N) is 1. The maximum atomic E-state index is 11.4. The van der Waals surface area contributed by atoms with Gasteiger partial charge < -0.3 is 16.2 Å². The molecule has 104 valence electrons. The molecule has 0 bridgehead atoms. The second-order valence-corrected chi connectivity index (χ2v) is 4.52. The molecule has 3 aromatic rings. The minimum Gasteiger partial charge on any atom is -0.506 e. The van der Waals surface area contributed by atoms with Gasteiger partial charge in [0.05, 0.1) is 0 Å². The molecule has 0 spiro atoms. The standard InChI is InChI=1S/C15H11N3O3/c16-11-13(15(21)14(11)20)18-9-4-1-3-8(7-9)12-10(19)5-2-6-17-12/h1-7,18-19H,16H2. The van der Waals surface area contributed by atoms with Crippen LogP contribution in [0.15, 0.2) is 52.2 Å². The van der Waals surface area contributed by atoms with Crippen molar-refractivity contribution in [3.8, 4) is 17.0 Å². The smallest absolute Gasteiger partial charge is 0.253 e. The summed E-state index contributed by atoms with van der Waals surface area (Å²) < 4.78 is 0. The summed E-state index contributed by atoms with van der Waals surface area (Å²) in [5.74, 6) is 0.0586. The molecule has 0 aliphatic rings. The summed E-state index contributed by atoms with van der Waals surface area (Å²) in [7, 11) is 0. The predicted molar refractivity (Wildman–Crippen MR) is 80.4 cm³/mol. The molecule has 0 radical (unpaired) electrons. The summed E-state index contributed by atoms with van der Waals surface area (Å²) in [6.45, 7) is 0. The first-order valence-electron chi connectivity index (χ1n) is 6.18. The fourth-order valence-corrected chi connectivity index (χ4v) is 2.04. The summed E-state index contributed by atoms with van der Waals surface area (Å²) in [6.07, 6.45) is 1.57. The summed E-state index contributed by atoms with van der Waals surface area (Å²) in [5, 5.41) is 12.6. The third kappa shape index (κ3) is 2.12. The van der Waals surface area contributed by atoms with E-state index in [4.69, 9.17) is 5.73 Å². The molecule has 0 atom stereocenters. The zero-order valence-electron chi connectivity index (χ0n) is 10.8. The van der Waals surface area contributed by atoms with Crippen LogP contribution in [0.4, 0.5) is 17.1 Å². The van der Waals surface area contributed by atoms with Gasteiger partial charge in [0.25, 0.3) is 10.9 Å². The van der Waals surface area contributed by atoms with Crippen LogP contribution in [0.3, 0.4) is 0 Å². The highest BCUT2D eigenvalue weighted by Gasteiger charge is 2.18. The first-order valence-corrected chi connectivity index (χ1v) is 6.18. The summed E-state index contributed by atoms with van der Waals surface area (Å²) in [5.41, 5.74) is 5.90. The quantitative estimate of drug-likeness (QED) is 0.626. The molecule has 0 unspecified atom stereocenters. The molecule has 0 aliphatic carbocycles. The Labute approximate surface area is 119 Å². The number of pyridine rings is 1. The van der Waals surface area contributed by atoms with Gasteiger partial charge in [-0.2, -0.15) is 0 Å². The van der Waals surface area contributed by atoms with Crippen molar-refractivity contribution in [2.45, 2.75) is 0 Å². The number of aromatic nitrogens is 1. The highest BCUT2D eigenvalue weighted by Crippen LogP contribution is 2.29. The predicted octanol–water partition coefficient (Wildman–Crippen LogP) is 1.38. The monoisotopic (exact) mass is 281 g/mol. The Bertz CT molecular complexity index is 895. The topological polar surface area (TPSA) is 105 Å². The van der Waals surface area contributed by atoms with E-state index in [1.165, 1.54) is 6.07 Å². The van der Waals surface area contributed by atoms with Gasteiger partial charge in [-0.15, -0.1) is 0 Å². The molecule has 0 aliphatic heterocycles. The van der Waals surface area contributed by atoms with E-state index in [-0.39, 0.29) is 17.1 Å². The largest absolute Gasteiger partial charge is 0.506 e. The molecule has 2 aromatic carbocycles. The highest BCUT2D eigenvalue weighted by molar-refractivity contribution is 5.78. The Morgan fingerprint density at radius 1 is 1.10 bits per heavy atom. The average molecular weight is 281 g/mol. The van der Waals surface area contributed by atoms with Crippen LogP contribution < -0.4 is 21.9 Å². The normalized spacial score (nSPS) is 10.7. The van der Waals surface area contributed by atoms with Gasteiger partial charge in [-0.1, -0.05) is 12.1 Å². The number of hydrogen-bond acceptors (Lipinski definition) is 6. The van der Waals surface area contributed by atoms with E-state index in [1.807, 2.05) is 0 Å². The van der Waals surface area contributed by atoms with E-state index in [0.717, 1.165) is 0 Å². The SMILES string of the molecule is Nc1c(Nc2cccc(-c3ncccc3O)c2)c(=O)c1=O. The Balaban J connectivity index is 1.97. The van der Waals surface area contributed by atoms with E-state index in [9.17, 15) is 14.7 Å². The summed E-state index contributed by atoms with van der Waals surface area (Å²) >= 11 is 0. The van der Waals surface area contributed by atoms with E-state index < -0.39 is 10.9 Å². The van der Waals surface area contributed by atoms with E-state index in [1.54, 1.807) is 36.5 Å². The van der Waals surface area contributed by atoms with E-state index in [2.05, 4.69) is 10.3 Å². The lowest BCUT2D eigenvalue weighted by Gasteiger charge is -2.11. The maximum absolute atomic E-state index is 11.4. The van der Waals surface area contributed by atoms with Crippen molar-refractivity contribution >= 4 is 17.1 Å². The van der Waals surface area contributed by atoms with Crippen molar-refractivity contribution in [3.63, 3.8) is 0 Å². The molecule has 0 saturated heterocycles. The van der Waals surface area contributed by atoms with Crippen molar-refractivity contribution < 1.29 is 5.11 Å². The van der Waals surface area contributed by atoms with E-state index >= 15 is 0 Å². The van der Waals surface area contributed by atoms with Crippen LogP contribution in [0.1, 0.15) is 0 Å². The lowest BCUT2D eigenvalue weighted by molar-refractivity contribution is 0.475.